The van der Waals surface area contributed by atoms with Crippen LogP contribution in [-0.4, -0.2) is 16.8 Å². The molecular formula is C14H15FN2O2S. The van der Waals surface area contributed by atoms with E-state index in [0.717, 1.165) is 5.56 Å². The van der Waals surface area contributed by atoms with Gasteiger partial charge in [-0.15, -0.1) is 11.8 Å². The summed E-state index contributed by atoms with van der Waals surface area (Å²) in [7, 11) is 0. The van der Waals surface area contributed by atoms with Crippen molar-refractivity contribution in [2.75, 3.05) is 11.1 Å². The lowest BCUT2D eigenvalue weighted by Crippen LogP contribution is -2.14. The van der Waals surface area contributed by atoms with E-state index in [1.807, 2.05) is 6.92 Å². The number of carbonyl (C=O) groups is 1. The third-order valence-corrected chi connectivity index (χ3v) is 3.90. The SMILES string of the molecule is Cc1cc(NC(=O)CSC(C)c2ccc(F)cc2)no1. The lowest BCUT2D eigenvalue weighted by atomic mass is 10.2. The van der Waals surface area contributed by atoms with E-state index in [-0.39, 0.29) is 17.0 Å². The molecule has 106 valence electrons. The number of nitrogens with one attached hydrogen (secondary N) is 1. The maximum Gasteiger partial charge on any atom is 0.235 e. The number of benzene rings is 1. The van der Waals surface area contributed by atoms with E-state index in [2.05, 4.69) is 10.5 Å². The van der Waals surface area contributed by atoms with Gasteiger partial charge < -0.3 is 9.84 Å². The molecule has 4 nitrogen and oxygen atoms in total. The number of carbonyl (C=O) groups excluding carboxylic acids is 1. The number of rotatable bonds is 5. The molecule has 1 unspecified atom stereocenters. The summed E-state index contributed by atoms with van der Waals surface area (Å²) in [6.45, 7) is 3.74. The van der Waals surface area contributed by atoms with Gasteiger partial charge in [0.15, 0.2) is 5.82 Å². The molecule has 1 heterocycles. The van der Waals surface area contributed by atoms with E-state index in [9.17, 15) is 9.18 Å². The van der Waals surface area contributed by atoms with E-state index in [0.29, 0.717) is 17.3 Å². The van der Waals surface area contributed by atoms with Crippen molar-refractivity contribution in [3.05, 3.63) is 47.5 Å². The van der Waals surface area contributed by atoms with E-state index < -0.39 is 0 Å². The normalized spacial score (nSPS) is 12.2. The maximum absolute atomic E-state index is 12.8. The summed E-state index contributed by atoms with van der Waals surface area (Å²) in [5.41, 5.74) is 0.987. The number of nitrogens with zero attached hydrogens (tertiary/aromatic N) is 1. The predicted octanol–water partition coefficient (Wildman–Crippen LogP) is 3.56. The zero-order chi connectivity index (χ0) is 14.5. The summed E-state index contributed by atoms with van der Waals surface area (Å²) in [4.78, 5) is 11.7. The van der Waals surface area contributed by atoms with Gasteiger partial charge in [-0.3, -0.25) is 4.79 Å². The number of halogens is 1. The lowest BCUT2D eigenvalue weighted by Gasteiger charge is -2.11. The van der Waals surface area contributed by atoms with Gasteiger partial charge in [-0.1, -0.05) is 17.3 Å². The van der Waals surface area contributed by atoms with Crippen LogP contribution < -0.4 is 5.32 Å². The van der Waals surface area contributed by atoms with Crippen molar-refractivity contribution in [3.8, 4) is 0 Å². The molecule has 2 rings (SSSR count). The van der Waals surface area contributed by atoms with Gasteiger partial charge in [-0.25, -0.2) is 4.39 Å². The number of anilines is 1. The third kappa shape index (κ3) is 4.09. The maximum atomic E-state index is 12.8. The van der Waals surface area contributed by atoms with Crippen LogP contribution in [0.5, 0.6) is 0 Å². The van der Waals surface area contributed by atoms with Gasteiger partial charge in [-0.05, 0) is 31.5 Å². The fraction of sp³-hybridized carbons (Fsp3) is 0.286. The van der Waals surface area contributed by atoms with Crippen molar-refractivity contribution in [2.45, 2.75) is 19.1 Å². The van der Waals surface area contributed by atoms with Crippen LogP contribution in [0.2, 0.25) is 0 Å². The Morgan fingerprint density at radius 3 is 2.75 bits per heavy atom. The van der Waals surface area contributed by atoms with Gasteiger partial charge in [0, 0.05) is 11.3 Å². The second-order valence-electron chi connectivity index (χ2n) is 4.38. The van der Waals surface area contributed by atoms with Gasteiger partial charge in [0.05, 0.1) is 5.75 Å². The average molecular weight is 294 g/mol. The quantitative estimate of drug-likeness (QED) is 0.916. The molecule has 0 bridgehead atoms. The summed E-state index contributed by atoms with van der Waals surface area (Å²) in [6, 6.07) is 7.96. The molecule has 0 saturated carbocycles. The Bertz CT molecular complexity index is 583. The third-order valence-electron chi connectivity index (χ3n) is 2.70. The first kappa shape index (κ1) is 14.6. The first-order valence-corrected chi connectivity index (χ1v) is 7.19. The Labute approximate surface area is 120 Å². The standard InChI is InChI=1S/C14H15FN2O2S/c1-9-7-13(17-19-9)16-14(18)8-20-10(2)11-3-5-12(15)6-4-11/h3-7,10H,8H2,1-2H3,(H,16,17,18). The Kier molecular flexibility index (Phi) is 4.79. The molecule has 1 N–H and O–H groups in total. The summed E-state index contributed by atoms with van der Waals surface area (Å²) in [5.74, 6) is 0.960. The van der Waals surface area contributed by atoms with Crippen LogP contribution in [0.15, 0.2) is 34.9 Å². The molecule has 0 aliphatic rings. The van der Waals surface area contributed by atoms with Crippen LogP contribution in [-0.2, 0) is 4.79 Å². The topological polar surface area (TPSA) is 55.1 Å². The minimum atomic E-state index is -0.259. The molecule has 1 aromatic heterocycles. The van der Waals surface area contributed by atoms with Gasteiger partial charge >= 0.3 is 0 Å². The zero-order valence-corrected chi connectivity index (χ0v) is 12.0. The molecule has 20 heavy (non-hydrogen) atoms. The summed E-state index contributed by atoms with van der Waals surface area (Å²) >= 11 is 1.48. The van der Waals surface area contributed by atoms with Crippen LogP contribution in [0.3, 0.4) is 0 Å². The number of thioether (sulfide) groups is 1. The van der Waals surface area contributed by atoms with Gasteiger partial charge in [0.1, 0.15) is 11.6 Å². The molecule has 2 aromatic rings. The van der Waals surface area contributed by atoms with Gasteiger partial charge in [0.2, 0.25) is 5.91 Å². The van der Waals surface area contributed by atoms with Crippen molar-refractivity contribution in [1.29, 1.82) is 0 Å². The molecule has 6 heteroatoms. The van der Waals surface area contributed by atoms with Crippen LogP contribution in [0.1, 0.15) is 23.5 Å². The van der Waals surface area contributed by atoms with Crippen molar-refractivity contribution >= 4 is 23.5 Å². The molecule has 1 atom stereocenters. The summed E-state index contributed by atoms with van der Waals surface area (Å²) < 4.78 is 17.7. The highest BCUT2D eigenvalue weighted by Gasteiger charge is 2.11. The predicted molar refractivity (Wildman–Crippen MR) is 77.1 cm³/mol. The fourth-order valence-electron chi connectivity index (χ4n) is 1.63. The van der Waals surface area contributed by atoms with E-state index in [1.165, 1.54) is 23.9 Å². The second kappa shape index (κ2) is 6.56. The van der Waals surface area contributed by atoms with Crippen LogP contribution in [0, 0.1) is 12.7 Å². The fourth-order valence-corrected chi connectivity index (χ4v) is 2.46. The van der Waals surface area contributed by atoms with Gasteiger partial charge in [-0.2, -0.15) is 0 Å². The molecule has 0 aliphatic carbocycles. The summed E-state index contributed by atoms with van der Waals surface area (Å²) in [6.07, 6.45) is 0. The lowest BCUT2D eigenvalue weighted by molar-refractivity contribution is -0.113. The van der Waals surface area contributed by atoms with E-state index >= 15 is 0 Å². The highest BCUT2D eigenvalue weighted by molar-refractivity contribution is 8.00. The number of hydrogen-bond donors (Lipinski definition) is 1. The average Bonchev–Trinajstić information content (AvgIpc) is 2.82. The molecular weight excluding hydrogens is 279 g/mol. The molecule has 0 fully saturated rings. The monoisotopic (exact) mass is 294 g/mol. The molecule has 0 saturated heterocycles. The molecule has 1 aromatic carbocycles. The summed E-state index contributed by atoms with van der Waals surface area (Å²) in [5, 5.41) is 6.46. The van der Waals surface area contributed by atoms with Crippen LogP contribution >= 0.6 is 11.8 Å². The Morgan fingerprint density at radius 2 is 2.15 bits per heavy atom. The van der Waals surface area contributed by atoms with Crippen molar-refractivity contribution < 1.29 is 13.7 Å². The second-order valence-corrected chi connectivity index (χ2v) is 5.70. The van der Waals surface area contributed by atoms with Crippen molar-refractivity contribution in [3.63, 3.8) is 0 Å². The van der Waals surface area contributed by atoms with Crippen LogP contribution in [0.4, 0.5) is 10.2 Å². The highest BCUT2D eigenvalue weighted by atomic mass is 32.2. The van der Waals surface area contributed by atoms with Crippen LogP contribution in [0.25, 0.3) is 0 Å². The first-order valence-electron chi connectivity index (χ1n) is 6.15. The van der Waals surface area contributed by atoms with Gasteiger partial charge in [0.25, 0.3) is 0 Å². The number of aromatic nitrogens is 1. The largest absolute Gasteiger partial charge is 0.360 e. The Morgan fingerprint density at radius 1 is 1.45 bits per heavy atom. The highest BCUT2D eigenvalue weighted by Crippen LogP contribution is 2.28. The minimum Gasteiger partial charge on any atom is -0.360 e. The Hall–Kier alpha value is -1.82. The van der Waals surface area contributed by atoms with E-state index in [1.54, 1.807) is 25.1 Å². The number of aryl methyl sites for hydroxylation is 1. The van der Waals surface area contributed by atoms with Crippen molar-refractivity contribution in [1.82, 2.24) is 5.16 Å². The zero-order valence-electron chi connectivity index (χ0n) is 11.2. The molecule has 0 spiro atoms. The molecule has 0 aliphatic heterocycles. The first-order chi connectivity index (χ1) is 9.54. The molecule has 1 amide bonds. The van der Waals surface area contributed by atoms with Crippen molar-refractivity contribution in [2.24, 2.45) is 0 Å². The number of hydrogen-bond acceptors (Lipinski definition) is 4. The molecule has 0 radical (unpaired) electrons. The Balaban J connectivity index is 1.82. The number of amides is 1. The smallest absolute Gasteiger partial charge is 0.235 e. The minimum absolute atomic E-state index is 0.111. The van der Waals surface area contributed by atoms with E-state index in [4.69, 9.17) is 4.52 Å².